The van der Waals surface area contributed by atoms with E-state index in [9.17, 15) is 4.79 Å². The molecule has 33 heavy (non-hydrogen) atoms. The van der Waals surface area contributed by atoms with E-state index in [1.807, 2.05) is 35.7 Å². The van der Waals surface area contributed by atoms with Crippen LogP contribution in [0.25, 0.3) is 22.3 Å². The van der Waals surface area contributed by atoms with Gasteiger partial charge in [-0.3, -0.25) is 9.78 Å². The summed E-state index contributed by atoms with van der Waals surface area (Å²) in [6.45, 7) is 2.82. The molecule has 1 aliphatic heterocycles. The number of H-pyrrole nitrogens is 1. The van der Waals surface area contributed by atoms with Gasteiger partial charge in [-0.2, -0.15) is 0 Å². The number of thiazole rings is 1. The van der Waals surface area contributed by atoms with Crippen molar-refractivity contribution in [3.05, 3.63) is 69.7 Å². The molecule has 0 radical (unpaired) electrons. The number of likely N-dealkylation sites (tertiary alicyclic amines) is 1. The lowest BCUT2D eigenvalue weighted by molar-refractivity contribution is 0.102. The summed E-state index contributed by atoms with van der Waals surface area (Å²) in [6.07, 6.45) is 3.83. The maximum Gasteiger partial charge on any atom is 0.258 e. The number of pyridine rings is 1. The lowest BCUT2D eigenvalue weighted by Gasteiger charge is -2.29. The molecule has 5 rings (SSSR count). The second-order valence-electron chi connectivity index (χ2n) is 8.31. The van der Waals surface area contributed by atoms with Crippen LogP contribution < -0.4 is 10.9 Å². The molecule has 2 N–H and O–H groups in total. The summed E-state index contributed by atoms with van der Waals surface area (Å²) >= 11 is 1.55. The Kier molecular flexibility index (Phi) is 6.43. The molecular weight excluding hydrogens is 436 g/mol. The zero-order chi connectivity index (χ0) is 22.6. The van der Waals surface area contributed by atoms with Crippen molar-refractivity contribution in [3.8, 4) is 11.4 Å². The molecule has 4 heterocycles. The number of aromatic nitrogens is 4. The number of hydrogen-bond acceptors (Lipinski definition) is 8. The van der Waals surface area contributed by atoms with Gasteiger partial charge in [0.15, 0.2) is 5.13 Å². The maximum atomic E-state index is 12.7. The third kappa shape index (κ3) is 5.11. The van der Waals surface area contributed by atoms with Crippen LogP contribution >= 0.6 is 11.3 Å². The van der Waals surface area contributed by atoms with Gasteiger partial charge in [-0.15, -0.1) is 11.3 Å². The molecule has 0 spiro atoms. The molecule has 1 saturated heterocycles. The average Bonchev–Trinajstić information content (AvgIpc) is 3.29. The van der Waals surface area contributed by atoms with E-state index in [1.165, 1.54) is 0 Å². The Bertz CT molecular complexity index is 1280. The Morgan fingerprint density at radius 2 is 1.97 bits per heavy atom. The number of hydrogen-bond donors (Lipinski definition) is 2. The third-order valence-corrected chi connectivity index (χ3v) is 6.59. The molecule has 1 aromatic carbocycles. The van der Waals surface area contributed by atoms with Crippen LogP contribution in [-0.4, -0.2) is 51.0 Å². The van der Waals surface area contributed by atoms with Crippen molar-refractivity contribution in [1.82, 2.24) is 24.8 Å². The molecule has 1 aliphatic rings. The first-order chi connectivity index (χ1) is 16.2. The van der Waals surface area contributed by atoms with Crippen molar-refractivity contribution in [2.24, 2.45) is 0 Å². The summed E-state index contributed by atoms with van der Waals surface area (Å²) in [5.74, 6) is 0.470. The predicted octanol–water partition coefficient (Wildman–Crippen LogP) is 3.66. The molecule has 0 aliphatic carbocycles. The Morgan fingerprint density at radius 3 is 2.79 bits per heavy atom. The topological polar surface area (TPSA) is 96.0 Å². The van der Waals surface area contributed by atoms with Crippen LogP contribution in [0.4, 0.5) is 5.13 Å². The number of nitrogens with one attached hydrogen (secondary N) is 2. The standard InChI is InChI=1S/C24H26N6O2S/c1-30-11-8-17(9-12-30)26-24-27-19(15-33-24)22-21-18(7-10-25-22)23(31)29-20(28-21)14-32-13-16-5-3-2-4-6-16/h2-7,10,15,17H,8-9,11-14H2,1H3,(H,26,27)(H,28,29,31). The van der Waals surface area contributed by atoms with E-state index in [2.05, 4.69) is 32.2 Å². The van der Waals surface area contributed by atoms with Crippen LogP contribution in [-0.2, 0) is 18.0 Å². The van der Waals surface area contributed by atoms with Gasteiger partial charge in [-0.05, 0) is 44.6 Å². The molecule has 0 unspecified atom stereocenters. The normalized spacial score (nSPS) is 15.2. The van der Waals surface area contributed by atoms with Crippen LogP contribution in [0.3, 0.4) is 0 Å². The zero-order valence-electron chi connectivity index (χ0n) is 18.5. The number of rotatable bonds is 7. The van der Waals surface area contributed by atoms with Crippen LogP contribution in [0.5, 0.6) is 0 Å². The first-order valence-corrected chi connectivity index (χ1v) is 11.9. The molecule has 8 nitrogen and oxygen atoms in total. The number of anilines is 1. The molecule has 4 aromatic rings. The smallest absolute Gasteiger partial charge is 0.258 e. The molecule has 3 aromatic heterocycles. The van der Waals surface area contributed by atoms with Crippen molar-refractivity contribution in [2.75, 3.05) is 25.5 Å². The number of piperidine rings is 1. The minimum atomic E-state index is -0.207. The van der Waals surface area contributed by atoms with Crippen LogP contribution in [0.2, 0.25) is 0 Å². The van der Waals surface area contributed by atoms with E-state index in [1.54, 1.807) is 23.6 Å². The van der Waals surface area contributed by atoms with E-state index in [4.69, 9.17) is 9.72 Å². The van der Waals surface area contributed by atoms with Gasteiger partial charge in [0.1, 0.15) is 29.3 Å². The highest BCUT2D eigenvalue weighted by molar-refractivity contribution is 7.14. The van der Waals surface area contributed by atoms with Gasteiger partial charge >= 0.3 is 0 Å². The van der Waals surface area contributed by atoms with Crippen molar-refractivity contribution >= 4 is 27.4 Å². The van der Waals surface area contributed by atoms with Crippen LogP contribution in [0.15, 0.2) is 52.8 Å². The third-order valence-electron chi connectivity index (χ3n) is 5.82. The highest BCUT2D eigenvalue weighted by Crippen LogP contribution is 2.28. The van der Waals surface area contributed by atoms with E-state index >= 15 is 0 Å². The number of ether oxygens (including phenoxy) is 1. The monoisotopic (exact) mass is 462 g/mol. The van der Waals surface area contributed by atoms with Gasteiger partial charge in [-0.25, -0.2) is 9.97 Å². The maximum absolute atomic E-state index is 12.7. The molecular formula is C24H26N6O2S. The SMILES string of the molecule is CN1CCC(Nc2nc(-c3nccc4c(=O)[nH]c(COCc5ccccc5)nc34)cs2)CC1. The first kappa shape index (κ1) is 21.7. The zero-order valence-corrected chi connectivity index (χ0v) is 19.3. The van der Waals surface area contributed by atoms with Crippen molar-refractivity contribution < 1.29 is 4.74 Å². The molecule has 0 atom stereocenters. The summed E-state index contributed by atoms with van der Waals surface area (Å²) in [5, 5.41) is 6.88. The summed E-state index contributed by atoms with van der Waals surface area (Å²) in [7, 11) is 2.15. The number of nitrogens with zero attached hydrogens (tertiary/aromatic N) is 4. The quantitative estimate of drug-likeness (QED) is 0.433. The second-order valence-corrected chi connectivity index (χ2v) is 9.16. The summed E-state index contributed by atoms with van der Waals surface area (Å²) < 4.78 is 5.77. The lowest BCUT2D eigenvalue weighted by atomic mass is 10.1. The van der Waals surface area contributed by atoms with Gasteiger partial charge in [0, 0.05) is 17.6 Å². The Hall–Kier alpha value is -3.14. The number of fused-ring (bicyclic) bond motifs is 1. The fraction of sp³-hybridized carbons (Fsp3) is 0.333. The largest absolute Gasteiger partial charge is 0.369 e. The number of aromatic amines is 1. The molecule has 9 heteroatoms. The van der Waals surface area contributed by atoms with Crippen molar-refractivity contribution in [3.63, 3.8) is 0 Å². The highest BCUT2D eigenvalue weighted by Gasteiger charge is 2.19. The van der Waals surface area contributed by atoms with Gasteiger partial charge in [-0.1, -0.05) is 30.3 Å². The fourth-order valence-corrected chi connectivity index (χ4v) is 4.76. The molecule has 1 fully saturated rings. The molecule has 0 saturated carbocycles. The molecule has 0 amide bonds. The minimum absolute atomic E-state index is 0.203. The summed E-state index contributed by atoms with van der Waals surface area (Å²) in [6, 6.07) is 12.0. The van der Waals surface area contributed by atoms with Crippen LogP contribution in [0.1, 0.15) is 24.2 Å². The van der Waals surface area contributed by atoms with Crippen LogP contribution in [0, 0.1) is 0 Å². The predicted molar refractivity (Wildman–Crippen MR) is 130 cm³/mol. The van der Waals surface area contributed by atoms with E-state index in [0.29, 0.717) is 35.1 Å². The highest BCUT2D eigenvalue weighted by atomic mass is 32.1. The molecule has 170 valence electrons. The Morgan fingerprint density at radius 1 is 1.15 bits per heavy atom. The summed E-state index contributed by atoms with van der Waals surface area (Å²) in [5.41, 5.74) is 2.72. The van der Waals surface area contributed by atoms with Gasteiger partial charge in [0.05, 0.1) is 12.0 Å². The Balaban J connectivity index is 1.36. The minimum Gasteiger partial charge on any atom is -0.369 e. The van der Waals surface area contributed by atoms with E-state index < -0.39 is 0 Å². The van der Waals surface area contributed by atoms with Crippen molar-refractivity contribution in [1.29, 1.82) is 0 Å². The Labute approximate surface area is 195 Å². The fourth-order valence-electron chi connectivity index (χ4n) is 3.98. The van der Waals surface area contributed by atoms with Gasteiger partial charge in [0.25, 0.3) is 5.56 Å². The first-order valence-electron chi connectivity index (χ1n) is 11.1. The van der Waals surface area contributed by atoms with Gasteiger partial charge < -0.3 is 19.9 Å². The van der Waals surface area contributed by atoms with Gasteiger partial charge in [0.2, 0.25) is 0 Å². The molecule has 0 bridgehead atoms. The second kappa shape index (κ2) is 9.78. The lowest BCUT2D eigenvalue weighted by Crippen LogP contribution is -2.36. The summed E-state index contributed by atoms with van der Waals surface area (Å²) in [4.78, 5) is 31.8. The van der Waals surface area contributed by atoms with Crippen molar-refractivity contribution in [2.45, 2.75) is 32.1 Å². The number of benzene rings is 1. The van der Waals surface area contributed by atoms with E-state index in [-0.39, 0.29) is 12.2 Å². The average molecular weight is 463 g/mol. The van der Waals surface area contributed by atoms with E-state index in [0.717, 1.165) is 42.3 Å².